The van der Waals surface area contributed by atoms with Crippen LogP contribution in [0.4, 0.5) is 0 Å². The number of aromatic nitrogens is 1. The molecule has 1 aliphatic heterocycles. The molecule has 1 aromatic carbocycles. The number of aliphatic hydroxyl groups excluding tert-OH is 3. The summed E-state index contributed by atoms with van der Waals surface area (Å²) in [4.78, 5) is 3.07. The summed E-state index contributed by atoms with van der Waals surface area (Å²) in [5, 5.41) is 40.4. The van der Waals surface area contributed by atoms with E-state index < -0.39 is 24.1 Å². The van der Waals surface area contributed by atoms with E-state index in [1.165, 1.54) is 0 Å². The number of para-hydroxylation sites is 1. The van der Waals surface area contributed by atoms with Gasteiger partial charge in [-0.3, -0.25) is 0 Å². The fourth-order valence-corrected chi connectivity index (χ4v) is 2.60. The molecule has 1 fully saturated rings. The second-order valence-corrected chi connectivity index (χ2v) is 5.19. The summed E-state index contributed by atoms with van der Waals surface area (Å²) in [6, 6.07) is 7.56. The van der Waals surface area contributed by atoms with Crippen molar-refractivity contribution in [3.63, 3.8) is 0 Å². The number of aromatic amines is 1. The van der Waals surface area contributed by atoms with Crippen molar-refractivity contribution in [2.75, 3.05) is 6.61 Å². The third-order valence-corrected chi connectivity index (χ3v) is 3.80. The van der Waals surface area contributed by atoms with Crippen LogP contribution in [0.15, 0.2) is 30.5 Å². The van der Waals surface area contributed by atoms with Gasteiger partial charge in [0.2, 0.25) is 0 Å². The van der Waals surface area contributed by atoms with Crippen LogP contribution in [0.2, 0.25) is 0 Å². The maximum atomic E-state index is 10.4. The molecule has 5 N–H and O–H groups in total. The molecule has 6 heteroatoms. The molecule has 2 heterocycles. The minimum absolute atomic E-state index is 0.0158. The minimum atomic E-state index is -1.91. The van der Waals surface area contributed by atoms with Crippen LogP contribution in [0, 0.1) is 0 Å². The van der Waals surface area contributed by atoms with Gasteiger partial charge < -0.3 is 30.1 Å². The van der Waals surface area contributed by atoms with E-state index in [4.69, 9.17) is 4.74 Å². The van der Waals surface area contributed by atoms with E-state index in [0.717, 1.165) is 16.5 Å². The summed E-state index contributed by atoms with van der Waals surface area (Å²) in [5.74, 6) is -1.91. The van der Waals surface area contributed by atoms with Crippen LogP contribution < -0.4 is 0 Å². The van der Waals surface area contributed by atoms with E-state index in [1.54, 1.807) is 6.20 Å². The lowest BCUT2D eigenvalue weighted by atomic mass is 9.91. The quantitative estimate of drug-likeness (QED) is 0.510. The van der Waals surface area contributed by atoms with Crippen molar-refractivity contribution < 1.29 is 25.2 Å². The van der Waals surface area contributed by atoms with Crippen molar-refractivity contribution in [3.8, 4) is 0 Å². The largest absolute Gasteiger partial charge is 0.388 e. The van der Waals surface area contributed by atoms with Crippen LogP contribution in [-0.2, 0) is 11.2 Å². The molecule has 1 saturated heterocycles. The standard InChI is InChI=1S/C14H17NO5/c16-11-7-20-14(19,13(18)12(11)17)5-8-6-15-10-4-2-1-3-9(8)10/h1-4,6,11-13,15-19H,5,7H2/t11-,12+,13-,14+/m0/s1. The van der Waals surface area contributed by atoms with Gasteiger partial charge in [0.15, 0.2) is 5.79 Å². The molecular formula is C14H17NO5. The molecule has 0 aliphatic carbocycles. The first-order valence-corrected chi connectivity index (χ1v) is 6.47. The van der Waals surface area contributed by atoms with Gasteiger partial charge in [0.25, 0.3) is 0 Å². The minimum Gasteiger partial charge on any atom is -0.388 e. The van der Waals surface area contributed by atoms with Gasteiger partial charge in [0.05, 0.1) is 6.61 Å². The third-order valence-electron chi connectivity index (χ3n) is 3.80. The van der Waals surface area contributed by atoms with E-state index in [9.17, 15) is 20.4 Å². The zero-order valence-electron chi connectivity index (χ0n) is 10.7. The molecule has 2 aromatic rings. The van der Waals surface area contributed by atoms with Crippen LogP contribution >= 0.6 is 0 Å². The number of ether oxygens (including phenoxy) is 1. The number of rotatable bonds is 2. The molecule has 0 radical (unpaired) electrons. The average Bonchev–Trinajstić information content (AvgIpc) is 2.85. The van der Waals surface area contributed by atoms with Crippen molar-refractivity contribution in [3.05, 3.63) is 36.0 Å². The molecule has 0 spiro atoms. The van der Waals surface area contributed by atoms with Crippen molar-refractivity contribution in [1.82, 2.24) is 4.98 Å². The summed E-state index contributed by atoms with van der Waals surface area (Å²) in [5.41, 5.74) is 1.68. The second-order valence-electron chi connectivity index (χ2n) is 5.19. The highest BCUT2D eigenvalue weighted by Crippen LogP contribution is 2.30. The summed E-state index contributed by atoms with van der Waals surface area (Å²) in [7, 11) is 0. The Labute approximate surface area is 115 Å². The first-order valence-electron chi connectivity index (χ1n) is 6.47. The summed E-state index contributed by atoms with van der Waals surface area (Å²) in [6.45, 7) is -0.225. The Morgan fingerprint density at radius 1 is 1.25 bits per heavy atom. The van der Waals surface area contributed by atoms with Crippen molar-refractivity contribution in [2.24, 2.45) is 0 Å². The Bertz CT molecular complexity index is 612. The van der Waals surface area contributed by atoms with E-state index in [-0.39, 0.29) is 13.0 Å². The van der Waals surface area contributed by atoms with Crippen molar-refractivity contribution >= 4 is 10.9 Å². The van der Waals surface area contributed by atoms with Gasteiger partial charge in [-0.05, 0) is 11.6 Å². The van der Waals surface area contributed by atoms with Crippen LogP contribution in [0.25, 0.3) is 10.9 Å². The molecule has 1 aliphatic rings. The number of hydrogen-bond acceptors (Lipinski definition) is 5. The lowest BCUT2D eigenvalue weighted by Crippen LogP contribution is -2.61. The number of H-pyrrole nitrogens is 1. The van der Waals surface area contributed by atoms with Crippen LogP contribution in [-0.4, -0.2) is 56.1 Å². The van der Waals surface area contributed by atoms with Crippen molar-refractivity contribution in [2.45, 2.75) is 30.5 Å². The molecule has 1 aromatic heterocycles. The summed E-state index contributed by atoms with van der Waals surface area (Å²) >= 11 is 0. The molecule has 108 valence electrons. The Kier molecular flexibility index (Phi) is 3.27. The molecular weight excluding hydrogens is 262 g/mol. The van der Waals surface area contributed by atoms with Crippen molar-refractivity contribution in [1.29, 1.82) is 0 Å². The predicted molar refractivity (Wildman–Crippen MR) is 70.9 cm³/mol. The maximum absolute atomic E-state index is 10.4. The van der Waals surface area contributed by atoms with Gasteiger partial charge >= 0.3 is 0 Å². The highest BCUT2D eigenvalue weighted by Gasteiger charge is 2.48. The van der Waals surface area contributed by atoms with E-state index in [1.807, 2.05) is 24.3 Å². The molecule has 20 heavy (non-hydrogen) atoms. The normalized spacial score (nSPS) is 34.5. The number of aliphatic hydroxyl groups is 4. The van der Waals surface area contributed by atoms with Crippen LogP contribution in [0.3, 0.4) is 0 Å². The molecule has 6 nitrogen and oxygen atoms in total. The Morgan fingerprint density at radius 2 is 2.00 bits per heavy atom. The predicted octanol–water partition coefficient (Wildman–Crippen LogP) is -0.488. The number of fused-ring (bicyclic) bond motifs is 1. The van der Waals surface area contributed by atoms with Crippen LogP contribution in [0.5, 0.6) is 0 Å². The molecule has 4 atom stereocenters. The highest BCUT2D eigenvalue weighted by molar-refractivity contribution is 5.83. The number of nitrogens with one attached hydrogen (secondary N) is 1. The van der Waals surface area contributed by atoms with E-state index in [2.05, 4.69) is 4.98 Å². The zero-order chi connectivity index (χ0) is 14.3. The third kappa shape index (κ3) is 2.11. The maximum Gasteiger partial charge on any atom is 0.198 e. The summed E-state index contributed by atoms with van der Waals surface area (Å²) < 4.78 is 5.16. The Hall–Kier alpha value is -1.44. The van der Waals surface area contributed by atoms with Crippen LogP contribution in [0.1, 0.15) is 5.56 Å². The van der Waals surface area contributed by atoms with Gasteiger partial charge in [0.1, 0.15) is 18.3 Å². The van der Waals surface area contributed by atoms with E-state index in [0.29, 0.717) is 0 Å². The molecule has 0 bridgehead atoms. The lowest BCUT2D eigenvalue weighted by Gasteiger charge is -2.41. The first kappa shape index (κ1) is 13.5. The highest BCUT2D eigenvalue weighted by atomic mass is 16.6. The first-order chi connectivity index (χ1) is 9.51. The molecule has 3 rings (SSSR count). The number of benzene rings is 1. The molecule has 0 saturated carbocycles. The zero-order valence-corrected chi connectivity index (χ0v) is 10.7. The van der Waals surface area contributed by atoms with Gasteiger partial charge in [-0.15, -0.1) is 0 Å². The van der Waals surface area contributed by atoms with Gasteiger partial charge in [-0.2, -0.15) is 0 Å². The monoisotopic (exact) mass is 279 g/mol. The Morgan fingerprint density at radius 3 is 2.80 bits per heavy atom. The fraction of sp³-hybridized carbons (Fsp3) is 0.429. The van der Waals surface area contributed by atoms with Gasteiger partial charge in [0, 0.05) is 23.5 Å². The number of hydrogen-bond donors (Lipinski definition) is 5. The Balaban J connectivity index is 1.90. The van der Waals surface area contributed by atoms with Gasteiger partial charge in [-0.25, -0.2) is 0 Å². The lowest BCUT2D eigenvalue weighted by molar-refractivity contribution is -0.320. The molecule has 0 unspecified atom stereocenters. The van der Waals surface area contributed by atoms with E-state index >= 15 is 0 Å². The summed E-state index contributed by atoms with van der Waals surface area (Å²) in [6.07, 6.45) is -2.45. The average molecular weight is 279 g/mol. The van der Waals surface area contributed by atoms with Gasteiger partial charge in [-0.1, -0.05) is 18.2 Å². The smallest absolute Gasteiger partial charge is 0.198 e. The molecule has 0 amide bonds. The second kappa shape index (κ2) is 4.83. The topological polar surface area (TPSA) is 106 Å². The fourth-order valence-electron chi connectivity index (χ4n) is 2.60. The SMILES string of the molecule is O[C@@H]1[C@@H](O)CO[C@](O)(Cc2c[nH]c3ccccc23)[C@H]1O.